The molecular weight excluding hydrogens is 401 g/mol. The van der Waals surface area contributed by atoms with E-state index in [9.17, 15) is 18.6 Å². The van der Waals surface area contributed by atoms with E-state index in [1.165, 1.54) is 18.2 Å². The minimum atomic E-state index is -0.701. The second-order valence-corrected chi connectivity index (χ2v) is 7.36. The summed E-state index contributed by atoms with van der Waals surface area (Å²) in [5.74, 6) is -0.304. The van der Waals surface area contributed by atoms with Crippen LogP contribution in [0, 0.1) is 5.92 Å². The van der Waals surface area contributed by atoms with Gasteiger partial charge in [0, 0.05) is 4.90 Å². The van der Waals surface area contributed by atoms with E-state index in [1.54, 1.807) is 12.1 Å². The summed E-state index contributed by atoms with van der Waals surface area (Å²) in [6.07, 6.45) is 1.49. The Labute approximate surface area is 171 Å². The van der Waals surface area contributed by atoms with E-state index < -0.39 is 11.4 Å². The maximum absolute atomic E-state index is 12.7. The van der Waals surface area contributed by atoms with Crippen LogP contribution in [0.1, 0.15) is 27.7 Å². The largest absolute Gasteiger partial charge is 0.506 e. The van der Waals surface area contributed by atoms with Crippen LogP contribution in [0.25, 0.3) is 11.4 Å². The summed E-state index contributed by atoms with van der Waals surface area (Å²) in [6.45, 7) is 15.1. The van der Waals surface area contributed by atoms with Gasteiger partial charge in [0.1, 0.15) is 22.6 Å². The Bertz CT molecular complexity index is 970. The van der Waals surface area contributed by atoms with Crippen molar-refractivity contribution in [2.75, 3.05) is 0 Å². The summed E-state index contributed by atoms with van der Waals surface area (Å²) in [5.41, 5.74) is -0.383. The molecule has 0 amide bonds. The van der Waals surface area contributed by atoms with Gasteiger partial charge in [-0.15, -0.1) is 0 Å². The van der Waals surface area contributed by atoms with Crippen LogP contribution in [0.3, 0.4) is 0 Å². The minimum Gasteiger partial charge on any atom is -0.506 e. The first kappa shape index (κ1) is 23.6. The SMILES string of the molecule is C=C(O)/C(=C\C(=C)C(C)C)n1[nH]c(=O)n(-c2ccc(SSF)cc2)c1=O.CC. The average molecular weight is 426 g/mol. The third kappa shape index (κ3) is 5.56. The number of aromatic amines is 1. The monoisotopic (exact) mass is 425 g/mol. The molecule has 9 heteroatoms. The number of nitrogens with zero attached hydrogens (tertiary/aromatic N) is 2. The molecule has 2 aromatic rings. The number of halogens is 1. The van der Waals surface area contributed by atoms with Crippen molar-refractivity contribution in [2.24, 2.45) is 5.92 Å². The van der Waals surface area contributed by atoms with E-state index in [2.05, 4.69) is 18.3 Å². The molecule has 0 bridgehead atoms. The zero-order valence-corrected chi connectivity index (χ0v) is 17.9. The van der Waals surface area contributed by atoms with Crippen LogP contribution < -0.4 is 11.4 Å². The number of benzene rings is 1. The fourth-order valence-corrected chi connectivity index (χ4v) is 2.95. The first-order valence-electron chi connectivity index (χ1n) is 8.55. The van der Waals surface area contributed by atoms with Crippen LogP contribution >= 0.6 is 22.0 Å². The maximum atomic E-state index is 12.7. The maximum Gasteiger partial charge on any atom is 0.356 e. The van der Waals surface area contributed by atoms with Crippen LogP contribution in [0.15, 0.2) is 69.3 Å². The standard InChI is InChI=1S/C17H18FN3O3S2.C2H6/c1-10(2)11(3)9-15(12(4)22)21-17(24)20(16(23)19-21)13-5-7-14(8-6-13)25-26-18;1-2/h5-10,22H,3-4H2,1-2H3,(H,19,23);1-2H3/b15-9+;. The lowest BCUT2D eigenvalue weighted by Crippen LogP contribution is -2.27. The van der Waals surface area contributed by atoms with Crippen molar-refractivity contribution < 1.29 is 8.99 Å². The molecule has 0 spiro atoms. The quantitative estimate of drug-likeness (QED) is 0.366. The normalized spacial score (nSPS) is 11.1. The summed E-state index contributed by atoms with van der Waals surface area (Å²) in [6, 6.07) is 6.25. The lowest BCUT2D eigenvalue weighted by Gasteiger charge is -2.09. The molecule has 0 saturated carbocycles. The van der Waals surface area contributed by atoms with E-state index in [1.807, 2.05) is 27.7 Å². The number of nitrogens with one attached hydrogen (secondary N) is 1. The van der Waals surface area contributed by atoms with E-state index in [4.69, 9.17) is 0 Å². The number of rotatable bonds is 7. The van der Waals surface area contributed by atoms with E-state index >= 15 is 0 Å². The molecule has 1 heterocycles. The van der Waals surface area contributed by atoms with Gasteiger partial charge in [0.05, 0.1) is 5.69 Å². The molecule has 0 aliphatic carbocycles. The fourth-order valence-electron chi connectivity index (χ4n) is 2.08. The Morgan fingerprint density at radius 2 is 1.79 bits per heavy atom. The van der Waals surface area contributed by atoms with Crippen molar-refractivity contribution in [2.45, 2.75) is 32.6 Å². The Hall–Kier alpha value is -2.39. The lowest BCUT2D eigenvalue weighted by atomic mass is 10.0. The highest BCUT2D eigenvalue weighted by Gasteiger charge is 2.16. The third-order valence-electron chi connectivity index (χ3n) is 3.62. The first-order valence-corrected chi connectivity index (χ1v) is 10.6. The number of aromatic nitrogens is 3. The molecule has 0 radical (unpaired) electrons. The molecule has 28 heavy (non-hydrogen) atoms. The third-order valence-corrected chi connectivity index (χ3v) is 4.91. The van der Waals surface area contributed by atoms with Gasteiger partial charge in [0.2, 0.25) is 0 Å². The molecule has 2 N–H and O–H groups in total. The minimum absolute atomic E-state index is 0.0329. The van der Waals surface area contributed by atoms with Gasteiger partial charge in [-0.25, -0.2) is 19.3 Å². The molecule has 0 aliphatic rings. The molecule has 0 unspecified atom stereocenters. The lowest BCUT2D eigenvalue weighted by molar-refractivity contribution is 0.432. The summed E-state index contributed by atoms with van der Waals surface area (Å²) >= 11 is 0.105. The topological polar surface area (TPSA) is 80.0 Å². The smallest absolute Gasteiger partial charge is 0.356 e. The van der Waals surface area contributed by atoms with Crippen LogP contribution in [0.2, 0.25) is 0 Å². The van der Waals surface area contributed by atoms with E-state index in [0.717, 1.165) is 20.0 Å². The molecule has 1 aromatic carbocycles. The van der Waals surface area contributed by atoms with Gasteiger partial charge in [0.25, 0.3) is 0 Å². The fraction of sp³-hybridized carbons (Fsp3) is 0.263. The van der Waals surface area contributed by atoms with Gasteiger partial charge in [0.15, 0.2) is 0 Å². The van der Waals surface area contributed by atoms with Crippen LogP contribution in [-0.4, -0.2) is 19.5 Å². The van der Waals surface area contributed by atoms with Gasteiger partial charge < -0.3 is 5.11 Å². The van der Waals surface area contributed by atoms with Crippen molar-refractivity contribution in [3.63, 3.8) is 0 Å². The molecule has 0 saturated heterocycles. The molecule has 152 valence electrons. The summed E-state index contributed by atoms with van der Waals surface area (Å²) in [7, 11) is 0.919. The summed E-state index contributed by atoms with van der Waals surface area (Å²) in [4.78, 5) is 25.6. The highest BCUT2D eigenvalue weighted by atomic mass is 33.1. The zero-order chi connectivity index (χ0) is 21.4. The second kappa shape index (κ2) is 10.8. The van der Waals surface area contributed by atoms with Crippen molar-refractivity contribution in [1.82, 2.24) is 14.3 Å². The number of aliphatic hydroxyl groups excluding tert-OH is 1. The van der Waals surface area contributed by atoms with E-state index in [-0.39, 0.29) is 28.6 Å². The van der Waals surface area contributed by atoms with Crippen molar-refractivity contribution in [1.29, 1.82) is 0 Å². The molecule has 1 aromatic heterocycles. The Morgan fingerprint density at radius 3 is 2.25 bits per heavy atom. The number of H-pyrrole nitrogens is 1. The zero-order valence-electron chi connectivity index (χ0n) is 16.2. The average Bonchev–Trinajstić information content (AvgIpc) is 2.96. The number of hydrogen-bond donors (Lipinski definition) is 2. The molecule has 6 nitrogen and oxygen atoms in total. The highest BCUT2D eigenvalue weighted by molar-refractivity contribution is 8.74. The van der Waals surface area contributed by atoms with Crippen molar-refractivity contribution in [3.8, 4) is 5.69 Å². The predicted octanol–water partition coefficient (Wildman–Crippen LogP) is 5.10. The molecule has 2 rings (SSSR count). The Balaban J connectivity index is 0.00000190. The molecule has 0 fully saturated rings. The van der Waals surface area contributed by atoms with E-state index in [0.29, 0.717) is 16.2 Å². The number of aliphatic hydroxyl groups is 1. The van der Waals surface area contributed by atoms with Crippen LogP contribution in [0.4, 0.5) is 3.89 Å². The van der Waals surface area contributed by atoms with Gasteiger partial charge in [-0.3, -0.25) is 0 Å². The van der Waals surface area contributed by atoms with Gasteiger partial charge in [-0.05, 0) is 47.1 Å². The van der Waals surface area contributed by atoms with Gasteiger partial charge >= 0.3 is 11.4 Å². The summed E-state index contributed by atoms with van der Waals surface area (Å²) < 4.78 is 14.1. The Kier molecular flexibility index (Phi) is 9.14. The number of allylic oxidation sites excluding steroid dienone is 3. The van der Waals surface area contributed by atoms with Gasteiger partial charge in [-0.1, -0.05) is 46.4 Å². The highest BCUT2D eigenvalue weighted by Crippen LogP contribution is 2.31. The second-order valence-electron chi connectivity index (χ2n) is 5.72. The number of hydrogen-bond acceptors (Lipinski definition) is 5. The molecule has 0 atom stereocenters. The molecular formula is C19H24FN3O3S2. The van der Waals surface area contributed by atoms with Crippen molar-refractivity contribution in [3.05, 3.63) is 75.8 Å². The predicted molar refractivity (Wildman–Crippen MR) is 117 cm³/mol. The first-order chi connectivity index (χ1) is 13.3. The van der Waals surface area contributed by atoms with Crippen LogP contribution in [0.5, 0.6) is 0 Å². The van der Waals surface area contributed by atoms with Crippen molar-refractivity contribution >= 4 is 27.7 Å². The summed E-state index contributed by atoms with van der Waals surface area (Å²) in [5, 5.41) is 12.2. The molecule has 0 aliphatic heterocycles. The van der Waals surface area contributed by atoms with Crippen LogP contribution in [-0.2, 0) is 0 Å². The Morgan fingerprint density at radius 1 is 1.21 bits per heavy atom. The van der Waals surface area contributed by atoms with Gasteiger partial charge in [-0.2, -0.15) is 8.57 Å².